The Hall–Kier alpha value is -9.27. The lowest BCUT2D eigenvalue weighted by Crippen LogP contribution is -2.26. The first-order valence-corrected chi connectivity index (χ1v) is 42.5. The summed E-state index contributed by atoms with van der Waals surface area (Å²) in [5.41, 5.74) is -2.64. The molecule has 0 aliphatic rings. The number of aliphatic carboxylic acids is 3. The van der Waals surface area contributed by atoms with Gasteiger partial charge >= 0.3 is 89.7 Å². The van der Waals surface area contributed by atoms with E-state index in [1.165, 1.54) is 26.4 Å². The summed E-state index contributed by atoms with van der Waals surface area (Å²) in [6, 6.07) is 0. The van der Waals surface area contributed by atoms with Crippen molar-refractivity contribution >= 4 is 83.6 Å². The van der Waals surface area contributed by atoms with Crippen LogP contribution in [0.5, 0.6) is 0 Å². The number of carboxylic acids is 3. The molecule has 0 amide bonds. The number of hydrogen-bond acceptors (Lipinski definition) is 40. The van der Waals surface area contributed by atoms with Crippen LogP contribution in [0, 0.1) is 0 Å². The first-order chi connectivity index (χ1) is 62.6. The van der Waals surface area contributed by atoms with Gasteiger partial charge in [-0.25, -0.2) is 14.4 Å². The first kappa shape index (κ1) is 146. The van der Waals surface area contributed by atoms with Crippen LogP contribution < -0.4 is 0 Å². The average molecular weight is 1970 g/mol. The fourth-order valence-electron chi connectivity index (χ4n) is 6.63. The van der Waals surface area contributed by atoms with E-state index in [-0.39, 0.29) is 229 Å². The van der Waals surface area contributed by atoms with Gasteiger partial charge in [-0.3, -0.25) is 52.7 Å². The van der Waals surface area contributed by atoms with Crippen LogP contribution in [0.3, 0.4) is 0 Å². The Morgan fingerprint density at radius 1 is 0.244 bits per heavy atom. The Labute approximate surface area is 792 Å². The molecule has 43 nitrogen and oxygen atoms in total. The molecule has 135 heavy (non-hydrogen) atoms. The zero-order valence-corrected chi connectivity index (χ0v) is 82.9. The lowest BCUT2D eigenvalue weighted by molar-refractivity contribution is -0.200. The van der Waals surface area contributed by atoms with Gasteiger partial charge in [0.1, 0.15) is 53.4 Å². The molecular weight excluding hydrogens is 1810 g/mol. The van der Waals surface area contributed by atoms with Gasteiger partial charge in [0.15, 0.2) is 0 Å². The summed E-state index contributed by atoms with van der Waals surface area (Å²) in [7, 11) is 2.66. The number of esters is 11. The summed E-state index contributed by atoms with van der Waals surface area (Å²) < 4.78 is 142. The molecule has 0 atom stereocenters. The van der Waals surface area contributed by atoms with E-state index in [1.807, 2.05) is 125 Å². The van der Waals surface area contributed by atoms with Gasteiger partial charge in [0.05, 0.1) is 257 Å². The first-order valence-electron chi connectivity index (χ1n) is 42.5. The van der Waals surface area contributed by atoms with Gasteiger partial charge in [-0.1, -0.05) is 38.5 Å². The molecule has 0 aromatic carbocycles. The monoisotopic (exact) mass is 1970 g/mol. The molecule has 0 aromatic heterocycles. The second kappa shape index (κ2) is 96.4. The van der Waals surface area contributed by atoms with Crippen molar-refractivity contribution in [3.63, 3.8) is 0 Å². The molecule has 0 rings (SSSR count). The van der Waals surface area contributed by atoms with Gasteiger partial charge in [-0.2, -0.15) is 13.2 Å². The van der Waals surface area contributed by atoms with Gasteiger partial charge in [-0.15, -0.1) is 0 Å². The largest absolute Gasteiger partial charge is 0.490 e. The molecule has 0 bridgehead atoms. The standard InChI is InChI=1S/C15H26O6.C13H24O6.C12H22O6.C11H18O6.C9H18O4.C7H9F3O5.2C7H12O2.C6H12O4.C2H6O2/c1-5-8-20-13(16)6-9-18-11-12-19-10-7-14(17)21-15(2,3)4;1-13(2,3)19-12(15)6-8-18-10-9-17-7-5-11(14)16-4;1-12(2,3)18-11(15)5-7-17-9-8-16-6-4-10(13)14;1-2-5-17-11(14)4-7-16-9-8-15-6-3-10(12)13;1-9(2,3)13-8(11)4-6-12-7-5-10;8-7(9,10)6(13)15-4-3-14-2-1-5(11)12;2*1-5-6(8)9-7(2,3)4;1-9-6(8)2-4-10-5-3-7;3-1-2-4/h5H,1,6-12H2,2-4H3;5-10H2,1-4H3;4-9H2,1-3H3,(H,13,14);2H,1,3-9H2,(H,12,13);10H,4-7H2,1-3H3;1-4H2,(H,11,12);2*5H,1H2,2-4H3;7H,2-5H2,1H3;3-4H,1-2H2. The van der Waals surface area contributed by atoms with Crippen LogP contribution in [0.15, 0.2) is 50.6 Å². The third-order valence-electron chi connectivity index (χ3n) is 11.7. The molecule has 0 saturated carbocycles. The highest BCUT2D eigenvalue weighted by atomic mass is 19.4. The quantitative estimate of drug-likeness (QED) is 0.01000. The number of hydrogen-bond donors (Lipinski definition) is 7. The SMILES string of the molecule is C=CC(=O)OC(C)(C)C.C=CC(=O)OC(C)(C)C.C=CCOC(=O)CCOCCOCCC(=O)O.C=CCOC(=O)CCOCCOCCC(=O)OC(C)(C)C.CC(C)(C)OC(=O)CCOCCO.CC(C)(C)OC(=O)CCOCCOCCC(=O)O.COC(=O)CCOCCO.COC(=O)CCOCCOCCC(=O)OC(C)(C)C.O=C(O)CCOCCOC(=O)C(F)(F)F.OCCO. The molecule has 0 aliphatic heterocycles. The smallest absolute Gasteiger partial charge is 0.481 e. The second-order valence-electron chi connectivity index (χ2n) is 31.6. The minimum absolute atomic E-state index is 0.0127. The zero-order chi connectivity index (χ0) is 106. The minimum atomic E-state index is -5.01. The average Bonchev–Trinajstić information content (AvgIpc) is 0.920. The number of alkyl halides is 3. The predicted octanol–water partition coefficient (Wildman–Crippen LogP) is 7.89. The van der Waals surface area contributed by atoms with E-state index in [2.05, 4.69) is 45.3 Å². The van der Waals surface area contributed by atoms with E-state index in [4.69, 9.17) is 121 Å². The summed E-state index contributed by atoms with van der Waals surface area (Å²) in [5, 5.41) is 56.7. The molecule has 0 heterocycles. The molecule has 46 heteroatoms. The lowest BCUT2D eigenvalue weighted by Gasteiger charge is -2.19. The van der Waals surface area contributed by atoms with E-state index in [0.29, 0.717) is 85.9 Å². The Bertz CT molecular complexity index is 3030. The van der Waals surface area contributed by atoms with Crippen molar-refractivity contribution in [2.45, 2.75) is 235 Å². The van der Waals surface area contributed by atoms with Crippen LogP contribution in [-0.2, 0) is 171 Å². The minimum Gasteiger partial charge on any atom is -0.481 e. The number of carboxylic acid groups (broad SMARTS) is 3. The predicted molar refractivity (Wildman–Crippen MR) is 480 cm³/mol. The van der Waals surface area contributed by atoms with Crippen LogP contribution in [0.1, 0.15) is 195 Å². The topological polar surface area (TPSA) is 584 Å². The third-order valence-corrected chi connectivity index (χ3v) is 11.7. The van der Waals surface area contributed by atoms with Crippen molar-refractivity contribution in [2.75, 3.05) is 206 Å². The van der Waals surface area contributed by atoms with Crippen LogP contribution in [0.25, 0.3) is 0 Å². The maximum Gasteiger partial charge on any atom is 0.490 e. The Kier molecular flexibility index (Phi) is 104. The maximum absolute atomic E-state index is 11.5. The third kappa shape index (κ3) is 159. The van der Waals surface area contributed by atoms with Gasteiger partial charge in [0, 0.05) is 12.2 Å². The summed E-state index contributed by atoms with van der Waals surface area (Å²) in [6.07, 6.45) is 1.75. The van der Waals surface area contributed by atoms with Crippen molar-refractivity contribution in [1.82, 2.24) is 0 Å². The van der Waals surface area contributed by atoms with Gasteiger partial charge in [-0.05, 0) is 125 Å². The van der Waals surface area contributed by atoms with Crippen molar-refractivity contribution in [3.8, 4) is 0 Å². The molecule has 0 aliphatic carbocycles. The molecule has 794 valence electrons. The Morgan fingerprint density at radius 2 is 0.430 bits per heavy atom. The number of carbonyl (C=O) groups excluding carboxylic acids is 11. The van der Waals surface area contributed by atoms with Crippen LogP contribution >= 0.6 is 0 Å². The zero-order valence-electron chi connectivity index (χ0n) is 82.9. The fraction of sp³-hybridized carbons (Fsp3) is 0.753. The highest BCUT2D eigenvalue weighted by Crippen LogP contribution is 2.17. The van der Waals surface area contributed by atoms with E-state index >= 15 is 0 Å². The fourth-order valence-corrected chi connectivity index (χ4v) is 6.63. The van der Waals surface area contributed by atoms with E-state index < -0.39 is 70.3 Å². The molecular formula is C89H159F3O43. The number of methoxy groups -OCH3 is 2. The normalized spacial score (nSPS) is 10.7. The van der Waals surface area contributed by atoms with Crippen molar-refractivity contribution in [3.05, 3.63) is 50.6 Å². The molecule has 0 saturated heterocycles. The maximum atomic E-state index is 11.5. The van der Waals surface area contributed by atoms with Gasteiger partial charge in [0.25, 0.3) is 0 Å². The number of carbonyl (C=O) groups is 14. The van der Waals surface area contributed by atoms with Crippen LogP contribution in [-0.4, -0.2) is 365 Å². The molecule has 0 unspecified atom stereocenters. The highest BCUT2D eigenvalue weighted by molar-refractivity contribution is 5.82. The summed E-state index contributed by atoms with van der Waals surface area (Å²) in [6.45, 7) is 51.3. The van der Waals surface area contributed by atoms with Crippen molar-refractivity contribution in [1.29, 1.82) is 0 Å². The number of halogens is 3. The Balaban J connectivity index is -0.000000164. The Morgan fingerprint density at radius 3 is 0.585 bits per heavy atom. The van der Waals surface area contributed by atoms with Crippen LogP contribution in [0.2, 0.25) is 0 Å². The number of rotatable bonds is 59. The number of aliphatic hydroxyl groups excluding tert-OH is 4. The van der Waals surface area contributed by atoms with E-state index in [0.717, 1.165) is 12.2 Å². The van der Waals surface area contributed by atoms with Crippen molar-refractivity contribution < 1.29 is 220 Å². The van der Waals surface area contributed by atoms with Gasteiger partial charge < -0.3 is 140 Å². The number of aliphatic hydroxyl groups is 4. The number of ether oxygens (including phenoxy) is 22. The lowest BCUT2D eigenvalue weighted by atomic mass is 10.2. The van der Waals surface area contributed by atoms with Gasteiger partial charge in [0.2, 0.25) is 0 Å². The van der Waals surface area contributed by atoms with E-state index in [1.54, 1.807) is 0 Å². The van der Waals surface area contributed by atoms with E-state index in [9.17, 15) is 80.3 Å². The molecule has 0 aromatic rings. The summed E-state index contributed by atoms with van der Waals surface area (Å²) in [5.74, 6) is -8.28. The highest BCUT2D eigenvalue weighted by Gasteiger charge is 2.41. The molecule has 0 fully saturated rings. The molecule has 0 radical (unpaired) electrons. The van der Waals surface area contributed by atoms with Crippen molar-refractivity contribution in [2.24, 2.45) is 0 Å². The van der Waals surface area contributed by atoms with Crippen LogP contribution in [0.4, 0.5) is 13.2 Å². The molecule has 0 spiro atoms. The summed E-state index contributed by atoms with van der Waals surface area (Å²) >= 11 is 0. The summed E-state index contributed by atoms with van der Waals surface area (Å²) in [4.78, 5) is 150. The second-order valence-corrected chi connectivity index (χ2v) is 31.6. The molecule has 7 N–H and O–H groups in total.